The molecule has 1 aromatic heterocycles. The molecule has 106 valence electrons. The average molecular weight is 277 g/mol. The Balaban J connectivity index is 1.87. The van der Waals surface area contributed by atoms with Gasteiger partial charge in [-0.1, -0.05) is 5.21 Å². The van der Waals surface area contributed by atoms with Crippen molar-refractivity contribution in [2.45, 2.75) is 19.4 Å². The molecule has 0 saturated heterocycles. The number of aryl methyl sites for hydroxylation is 1. The van der Waals surface area contributed by atoms with Gasteiger partial charge in [0, 0.05) is 11.9 Å². The number of benzene rings is 1. The predicted octanol–water partition coefficient (Wildman–Crippen LogP) is 0.947. The average Bonchev–Trinajstić information content (AvgIpc) is 2.86. The number of nitrogens with two attached hydrogens (primary N) is 1. The topological polar surface area (TPSA) is 85.8 Å². The van der Waals surface area contributed by atoms with Crippen LogP contribution < -0.4 is 11.1 Å². The van der Waals surface area contributed by atoms with Gasteiger partial charge in [0.05, 0.1) is 5.69 Å². The highest BCUT2D eigenvalue weighted by atomic mass is 19.1. The van der Waals surface area contributed by atoms with E-state index in [4.69, 9.17) is 5.73 Å². The number of hydrogen-bond donors (Lipinski definition) is 2. The van der Waals surface area contributed by atoms with Gasteiger partial charge in [0.1, 0.15) is 12.4 Å². The van der Waals surface area contributed by atoms with Crippen molar-refractivity contribution in [3.63, 3.8) is 0 Å². The molecule has 2 aromatic rings. The highest BCUT2D eigenvalue weighted by Gasteiger charge is 2.06. The van der Waals surface area contributed by atoms with E-state index < -0.39 is 0 Å². The van der Waals surface area contributed by atoms with E-state index in [9.17, 15) is 9.18 Å². The van der Waals surface area contributed by atoms with Crippen LogP contribution in [0.5, 0.6) is 0 Å². The number of nitrogens with zero attached hydrogens (tertiary/aromatic N) is 3. The van der Waals surface area contributed by atoms with Gasteiger partial charge in [-0.3, -0.25) is 4.79 Å². The van der Waals surface area contributed by atoms with Crippen molar-refractivity contribution in [3.8, 4) is 0 Å². The van der Waals surface area contributed by atoms with Crippen LogP contribution >= 0.6 is 0 Å². The van der Waals surface area contributed by atoms with Gasteiger partial charge in [-0.15, -0.1) is 5.10 Å². The number of hydrogen-bond acceptors (Lipinski definition) is 4. The maximum absolute atomic E-state index is 12.7. The summed E-state index contributed by atoms with van der Waals surface area (Å²) in [5.74, 6) is -0.587. The lowest BCUT2D eigenvalue weighted by atomic mass is 10.2. The number of carbonyl (C=O) groups excluding carboxylic acids is 1. The summed E-state index contributed by atoms with van der Waals surface area (Å²) < 4.78 is 14.2. The lowest BCUT2D eigenvalue weighted by Gasteiger charge is -2.04. The number of aromatic nitrogens is 3. The molecule has 1 amide bonds. The molecule has 0 spiro atoms. The molecule has 0 fully saturated rings. The lowest BCUT2D eigenvalue weighted by molar-refractivity contribution is -0.116. The Hall–Kier alpha value is -2.28. The maximum Gasteiger partial charge on any atom is 0.246 e. The van der Waals surface area contributed by atoms with Crippen molar-refractivity contribution in [2.75, 3.05) is 11.9 Å². The smallest absolute Gasteiger partial charge is 0.246 e. The molecular weight excluding hydrogens is 261 g/mol. The molecule has 6 nitrogen and oxygen atoms in total. The molecule has 1 aromatic carbocycles. The molecule has 0 aliphatic carbocycles. The summed E-state index contributed by atoms with van der Waals surface area (Å²) >= 11 is 0. The van der Waals surface area contributed by atoms with E-state index in [1.807, 2.05) is 0 Å². The van der Waals surface area contributed by atoms with Crippen molar-refractivity contribution >= 4 is 11.6 Å². The highest BCUT2D eigenvalue weighted by Crippen LogP contribution is 2.08. The van der Waals surface area contributed by atoms with Gasteiger partial charge in [-0.2, -0.15) is 0 Å². The molecule has 20 heavy (non-hydrogen) atoms. The predicted molar refractivity (Wildman–Crippen MR) is 72.4 cm³/mol. The van der Waals surface area contributed by atoms with Crippen LogP contribution in [-0.4, -0.2) is 27.4 Å². The van der Waals surface area contributed by atoms with E-state index in [1.54, 1.807) is 6.20 Å². The fourth-order valence-corrected chi connectivity index (χ4v) is 1.69. The van der Waals surface area contributed by atoms with E-state index in [2.05, 4.69) is 15.6 Å². The van der Waals surface area contributed by atoms with Crippen LogP contribution in [0.2, 0.25) is 0 Å². The summed E-state index contributed by atoms with van der Waals surface area (Å²) in [6.07, 6.45) is 3.30. The zero-order valence-corrected chi connectivity index (χ0v) is 10.9. The summed E-state index contributed by atoms with van der Waals surface area (Å²) in [5, 5.41) is 10.5. The molecular formula is C13H16FN5O. The summed E-state index contributed by atoms with van der Waals surface area (Å²) in [6.45, 7) is 0.658. The first-order chi connectivity index (χ1) is 9.67. The first kappa shape index (κ1) is 14.1. The second-order valence-electron chi connectivity index (χ2n) is 4.35. The molecule has 0 saturated carbocycles. The van der Waals surface area contributed by atoms with Crippen LogP contribution in [0.4, 0.5) is 10.1 Å². The van der Waals surface area contributed by atoms with E-state index in [0.717, 1.165) is 18.5 Å². The number of nitrogens with one attached hydrogen (secondary N) is 1. The van der Waals surface area contributed by atoms with Crippen molar-refractivity contribution in [2.24, 2.45) is 5.73 Å². The van der Waals surface area contributed by atoms with Crippen LogP contribution in [0.3, 0.4) is 0 Å². The number of halogens is 1. The minimum absolute atomic E-state index is 0.0625. The van der Waals surface area contributed by atoms with Crippen molar-refractivity contribution < 1.29 is 9.18 Å². The second-order valence-corrected chi connectivity index (χ2v) is 4.35. The van der Waals surface area contributed by atoms with Gasteiger partial charge in [-0.05, 0) is 43.7 Å². The molecule has 0 radical (unpaired) electrons. The first-order valence-electron chi connectivity index (χ1n) is 6.32. The monoisotopic (exact) mass is 277 g/mol. The molecule has 0 aliphatic rings. The van der Waals surface area contributed by atoms with E-state index >= 15 is 0 Å². The van der Waals surface area contributed by atoms with Gasteiger partial charge in [0.2, 0.25) is 5.91 Å². The second kappa shape index (κ2) is 6.76. The lowest BCUT2D eigenvalue weighted by Crippen LogP contribution is -2.19. The first-order valence-corrected chi connectivity index (χ1v) is 6.32. The molecule has 0 bridgehead atoms. The van der Waals surface area contributed by atoms with Crippen LogP contribution in [0.1, 0.15) is 12.1 Å². The third-order valence-corrected chi connectivity index (χ3v) is 2.66. The summed E-state index contributed by atoms with van der Waals surface area (Å²) in [6, 6.07) is 5.58. The van der Waals surface area contributed by atoms with Gasteiger partial charge in [-0.25, -0.2) is 9.07 Å². The molecule has 0 unspecified atom stereocenters. The maximum atomic E-state index is 12.7. The minimum Gasteiger partial charge on any atom is -0.330 e. The number of carbonyl (C=O) groups is 1. The van der Waals surface area contributed by atoms with Gasteiger partial charge >= 0.3 is 0 Å². The highest BCUT2D eigenvalue weighted by molar-refractivity contribution is 5.90. The molecule has 2 rings (SSSR count). The van der Waals surface area contributed by atoms with Crippen LogP contribution in [0, 0.1) is 5.82 Å². The van der Waals surface area contributed by atoms with Gasteiger partial charge in [0.15, 0.2) is 0 Å². The number of rotatable bonds is 6. The molecule has 7 heteroatoms. The standard InChI is InChI=1S/C13H16FN5O/c14-10-3-5-11(6-4-10)16-13(20)9-19-8-12(17-18-19)2-1-7-15/h3-6,8H,1-2,7,9,15H2,(H,16,20). The zero-order valence-electron chi connectivity index (χ0n) is 10.9. The SMILES string of the molecule is NCCCc1cn(CC(=O)Nc2ccc(F)cc2)nn1. The Morgan fingerprint density at radius 2 is 2.10 bits per heavy atom. The Bertz CT molecular complexity index is 566. The number of anilines is 1. The minimum atomic E-state index is -0.344. The Morgan fingerprint density at radius 1 is 1.35 bits per heavy atom. The zero-order chi connectivity index (χ0) is 14.4. The third kappa shape index (κ3) is 4.13. The summed E-state index contributed by atoms with van der Waals surface area (Å²) in [7, 11) is 0. The summed E-state index contributed by atoms with van der Waals surface area (Å²) in [5.41, 5.74) is 6.77. The largest absolute Gasteiger partial charge is 0.330 e. The Morgan fingerprint density at radius 3 is 2.80 bits per heavy atom. The quantitative estimate of drug-likeness (QED) is 0.823. The van der Waals surface area contributed by atoms with Crippen molar-refractivity contribution in [1.82, 2.24) is 15.0 Å². The van der Waals surface area contributed by atoms with E-state index in [-0.39, 0.29) is 18.3 Å². The molecule has 0 atom stereocenters. The molecule has 0 aliphatic heterocycles. The van der Waals surface area contributed by atoms with Gasteiger partial charge in [0.25, 0.3) is 0 Å². The normalized spacial score (nSPS) is 10.5. The van der Waals surface area contributed by atoms with E-state index in [1.165, 1.54) is 28.9 Å². The summed E-state index contributed by atoms with van der Waals surface area (Å²) in [4.78, 5) is 11.8. The Labute approximate surface area is 115 Å². The van der Waals surface area contributed by atoms with Crippen LogP contribution in [0.15, 0.2) is 30.5 Å². The number of amides is 1. The molecule has 3 N–H and O–H groups in total. The van der Waals surface area contributed by atoms with Gasteiger partial charge < -0.3 is 11.1 Å². The van der Waals surface area contributed by atoms with Crippen molar-refractivity contribution in [3.05, 3.63) is 42.0 Å². The Kier molecular flexibility index (Phi) is 4.78. The third-order valence-electron chi connectivity index (χ3n) is 2.66. The fraction of sp³-hybridized carbons (Fsp3) is 0.308. The molecule has 1 heterocycles. The van der Waals surface area contributed by atoms with Crippen LogP contribution in [0.25, 0.3) is 0 Å². The van der Waals surface area contributed by atoms with Crippen LogP contribution in [-0.2, 0) is 17.8 Å². The fourth-order valence-electron chi connectivity index (χ4n) is 1.69. The van der Waals surface area contributed by atoms with E-state index in [0.29, 0.717) is 12.2 Å². The van der Waals surface area contributed by atoms with Crippen molar-refractivity contribution in [1.29, 1.82) is 0 Å².